The lowest BCUT2D eigenvalue weighted by Gasteiger charge is -2.29. The van der Waals surface area contributed by atoms with Crippen molar-refractivity contribution in [3.05, 3.63) is 29.7 Å². The second-order valence-electron chi connectivity index (χ2n) is 4.74. The van der Waals surface area contributed by atoms with Crippen LogP contribution in [0.2, 0.25) is 0 Å². The van der Waals surface area contributed by atoms with Crippen molar-refractivity contribution in [2.45, 2.75) is 19.8 Å². The fourth-order valence-corrected chi connectivity index (χ4v) is 2.18. The van der Waals surface area contributed by atoms with Crippen LogP contribution in [0, 0.1) is 12.8 Å². The van der Waals surface area contributed by atoms with Crippen LogP contribution in [-0.2, 0) is 9.59 Å². The Morgan fingerprint density at radius 1 is 1.47 bits per heavy atom. The molecule has 1 unspecified atom stereocenters. The van der Waals surface area contributed by atoms with Crippen molar-refractivity contribution < 1.29 is 19.1 Å². The maximum absolute atomic E-state index is 12.0. The van der Waals surface area contributed by atoms with Gasteiger partial charge in [0.1, 0.15) is 11.5 Å². The molecule has 5 nitrogen and oxygen atoms in total. The molecular formula is C14H17NO4. The molecule has 0 saturated carbocycles. The normalized spacial score (nSPS) is 19.8. The van der Waals surface area contributed by atoms with E-state index in [2.05, 4.69) is 0 Å². The van der Waals surface area contributed by atoms with E-state index in [0.717, 1.165) is 12.2 Å². The maximum Gasteiger partial charge on any atom is 0.308 e. The molecule has 2 heterocycles. The predicted molar refractivity (Wildman–Crippen MR) is 69.4 cm³/mol. The van der Waals surface area contributed by atoms with Crippen molar-refractivity contribution >= 4 is 18.0 Å². The van der Waals surface area contributed by atoms with Crippen molar-refractivity contribution in [2.24, 2.45) is 5.92 Å². The van der Waals surface area contributed by atoms with Gasteiger partial charge in [-0.25, -0.2) is 0 Å². The summed E-state index contributed by atoms with van der Waals surface area (Å²) in [4.78, 5) is 24.5. The first-order chi connectivity index (χ1) is 9.06. The summed E-state index contributed by atoms with van der Waals surface area (Å²) in [7, 11) is 0. The van der Waals surface area contributed by atoms with Crippen LogP contribution in [0.3, 0.4) is 0 Å². The van der Waals surface area contributed by atoms with Crippen molar-refractivity contribution in [2.75, 3.05) is 13.1 Å². The summed E-state index contributed by atoms with van der Waals surface area (Å²) in [5.41, 5.74) is 0. The molecule has 0 spiro atoms. The molecule has 1 saturated heterocycles. The highest BCUT2D eigenvalue weighted by Gasteiger charge is 2.27. The number of carboxylic acid groups (broad SMARTS) is 1. The van der Waals surface area contributed by atoms with E-state index in [9.17, 15) is 9.59 Å². The summed E-state index contributed by atoms with van der Waals surface area (Å²) in [6, 6.07) is 3.61. The molecule has 1 atom stereocenters. The zero-order valence-electron chi connectivity index (χ0n) is 10.8. The molecular weight excluding hydrogens is 246 g/mol. The van der Waals surface area contributed by atoms with Crippen LogP contribution in [0.5, 0.6) is 0 Å². The number of rotatable bonds is 3. The Kier molecular flexibility index (Phi) is 4.04. The topological polar surface area (TPSA) is 70.8 Å². The summed E-state index contributed by atoms with van der Waals surface area (Å²) >= 11 is 0. The van der Waals surface area contributed by atoms with E-state index in [1.807, 2.05) is 13.0 Å². The fourth-order valence-electron chi connectivity index (χ4n) is 2.18. The smallest absolute Gasteiger partial charge is 0.308 e. The first kappa shape index (κ1) is 13.4. The second kappa shape index (κ2) is 5.73. The first-order valence-electron chi connectivity index (χ1n) is 6.32. The molecule has 0 aromatic carbocycles. The van der Waals surface area contributed by atoms with Crippen molar-refractivity contribution in [1.82, 2.24) is 4.90 Å². The van der Waals surface area contributed by atoms with Crippen LogP contribution in [0.1, 0.15) is 24.4 Å². The molecule has 19 heavy (non-hydrogen) atoms. The molecule has 1 aliphatic rings. The molecule has 0 bridgehead atoms. The lowest BCUT2D eigenvalue weighted by Crippen LogP contribution is -2.41. The Morgan fingerprint density at radius 2 is 2.26 bits per heavy atom. The number of likely N-dealkylation sites (tertiary alicyclic amines) is 1. The number of carboxylic acids is 1. The van der Waals surface area contributed by atoms with Crippen LogP contribution < -0.4 is 0 Å². The molecule has 102 valence electrons. The van der Waals surface area contributed by atoms with Gasteiger partial charge in [-0.3, -0.25) is 9.59 Å². The molecule has 1 fully saturated rings. The SMILES string of the molecule is Cc1ccc(/C=C/C(=O)N2CCCC(C(=O)O)C2)o1. The first-order valence-corrected chi connectivity index (χ1v) is 6.32. The van der Waals surface area contributed by atoms with E-state index in [0.29, 0.717) is 18.7 Å². The largest absolute Gasteiger partial charge is 0.481 e. The van der Waals surface area contributed by atoms with Gasteiger partial charge in [0.2, 0.25) is 5.91 Å². The molecule has 5 heteroatoms. The number of nitrogens with zero attached hydrogens (tertiary/aromatic N) is 1. The third kappa shape index (κ3) is 3.47. The highest BCUT2D eigenvalue weighted by Crippen LogP contribution is 2.17. The minimum atomic E-state index is -0.830. The minimum Gasteiger partial charge on any atom is -0.481 e. The Bertz CT molecular complexity index is 503. The van der Waals surface area contributed by atoms with Crippen LogP contribution in [0.4, 0.5) is 0 Å². The van der Waals surface area contributed by atoms with Gasteiger partial charge in [0.25, 0.3) is 0 Å². The van der Waals surface area contributed by atoms with E-state index in [4.69, 9.17) is 9.52 Å². The van der Waals surface area contributed by atoms with E-state index >= 15 is 0 Å². The predicted octanol–water partition coefficient (Wildman–Crippen LogP) is 1.92. The van der Waals surface area contributed by atoms with E-state index < -0.39 is 11.9 Å². The number of hydrogen-bond donors (Lipinski definition) is 1. The molecule has 1 aromatic heterocycles. The molecule has 2 rings (SSSR count). The molecule has 0 aliphatic carbocycles. The highest BCUT2D eigenvalue weighted by atomic mass is 16.4. The van der Waals surface area contributed by atoms with Gasteiger partial charge >= 0.3 is 5.97 Å². The third-order valence-corrected chi connectivity index (χ3v) is 3.23. The Morgan fingerprint density at radius 3 is 2.89 bits per heavy atom. The number of carbonyl (C=O) groups is 2. The number of furan rings is 1. The number of aryl methyl sites for hydroxylation is 1. The Balaban J connectivity index is 1.96. The number of hydrogen-bond acceptors (Lipinski definition) is 3. The van der Waals surface area contributed by atoms with Crippen LogP contribution in [0.15, 0.2) is 22.6 Å². The zero-order chi connectivity index (χ0) is 13.8. The number of aliphatic carboxylic acids is 1. The van der Waals surface area contributed by atoms with Crippen LogP contribution in [-0.4, -0.2) is 35.0 Å². The third-order valence-electron chi connectivity index (χ3n) is 3.23. The summed E-state index contributed by atoms with van der Waals surface area (Å²) in [5, 5.41) is 8.98. The average Bonchev–Trinajstić information content (AvgIpc) is 2.82. The standard InChI is InChI=1S/C14H17NO4/c1-10-4-5-12(19-10)6-7-13(16)15-8-2-3-11(9-15)14(17)18/h4-7,11H,2-3,8-9H2,1H3,(H,17,18)/b7-6+. The quantitative estimate of drug-likeness (QED) is 0.846. The van der Waals surface area contributed by atoms with Gasteiger partial charge in [0.05, 0.1) is 5.92 Å². The molecule has 0 radical (unpaired) electrons. The molecule has 1 amide bonds. The van der Waals surface area contributed by atoms with Gasteiger partial charge in [0, 0.05) is 19.2 Å². The fraction of sp³-hybridized carbons (Fsp3) is 0.429. The molecule has 1 aromatic rings. The summed E-state index contributed by atoms with van der Waals surface area (Å²) in [5.74, 6) is -0.0336. The summed E-state index contributed by atoms with van der Waals surface area (Å²) in [6.07, 6.45) is 4.42. The monoisotopic (exact) mass is 263 g/mol. The average molecular weight is 263 g/mol. The number of carbonyl (C=O) groups excluding carboxylic acids is 1. The minimum absolute atomic E-state index is 0.167. The van der Waals surface area contributed by atoms with E-state index in [1.165, 1.54) is 6.08 Å². The second-order valence-corrected chi connectivity index (χ2v) is 4.74. The lowest BCUT2D eigenvalue weighted by atomic mass is 9.98. The zero-order valence-corrected chi connectivity index (χ0v) is 10.8. The Labute approximate surface area is 111 Å². The van der Waals surface area contributed by atoms with E-state index in [-0.39, 0.29) is 12.5 Å². The highest BCUT2D eigenvalue weighted by molar-refractivity contribution is 5.91. The number of amides is 1. The molecule has 1 aliphatic heterocycles. The van der Waals surface area contributed by atoms with E-state index in [1.54, 1.807) is 17.0 Å². The van der Waals surface area contributed by atoms with Gasteiger partial charge in [-0.05, 0) is 38.0 Å². The summed E-state index contributed by atoms with van der Waals surface area (Å²) < 4.78 is 5.33. The van der Waals surface area contributed by atoms with Gasteiger partial charge in [-0.1, -0.05) is 0 Å². The van der Waals surface area contributed by atoms with Crippen molar-refractivity contribution in [3.63, 3.8) is 0 Å². The lowest BCUT2D eigenvalue weighted by molar-refractivity contribution is -0.144. The Hall–Kier alpha value is -2.04. The number of piperidine rings is 1. The van der Waals surface area contributed by atoms with Gasteiger partial charge in [0.15, 0.2) is 0 Å². The van der Waals surface area contributed by atoms with Gasteiger partial charge in [-0.15, -0.1) is 0 Å². The van der Waals surface area contributed by atoms with Gasteiger partial charge < -0.3 is 14.4 Å². The van der Waals surface area contributed by atoms with Crippen molar-refractivity contribution in [3.8, 4) is 0 Å². The van der Waals surface area contributed by atoms with Crippen LogP contribution in [0.25, 0.3) is 6.08 Å². The molecule has 1 N–H and O–H groups in total. The van der Waals surface area contributed by atoms with Crippen LogP contribution >= 0.6 is 0 Å². The maximum atomic E-state index is 12.0. The van der Waals surface area contributed by atoms with Gasteiger partial charge in [-0.2, -0.15) is 0 Å². The summed E-state index contributed by atoms with van der Waals surface area (Å²) in [6.45, 7) is 2.74. The van der Waals surface area contributed by atoms with Crippen molar-refractivity contribution in [1.29, 1.82) is 0 Å².